The summed E-state index contributed by atoms with van der Waals surface area (Å²) in [7, 11) is 0. The molecule has 0 radical (unpaired) electrons. The van der Waals surface area contributed by atoms with E-state index in [0.29, 0.717) is 13.2 Å². The van der Waals surface area contributed by atoms with Crippen molar-refractivity contribution in [3.8, 4) is 0 Å². The van der Waals surface area contributed by atoms with E-state index < -0.39 is 6.10 Å². The van der Waals surface area contributed by atoms with E-state index in [9.17, 15) is 5.11 Å². The van der Waals surface area contributed by atoms with Crippen LogP contribution in [0.4, 0.5) is 0 Å². The Hall–Kier alpha value is -0.900. The van der Waals surface area contributed by atoms with Crippen molar-refractivity contribution in [3.63, 3.8) is 0 Å². The van der Waals surface area contributed by atoms with E-state index in [1.165, 1.54) is 11.1 Å². The summed E-state index contributed by atoms with van der Waals surface area (Å²) in [6.07, 6.45) is -0.276. The van der Waals surface area contributed by atoms with Gasteiger partial charge in [0.15, 0.2) is 0 Å². The van der Waals surface area contributed by atoms with Crippen LogP contribution in [0.1, 0.15) is 25.0 Å². The fraction of sp³-hybridized carbons (Fsp3) is 0.571. The van der Waals surface area contributed by atoms with E-state index in [1.807, 2.05) is 26.0 Å². The topological polar surface area (TPSA) is 41.5 Å². The molecule has 2 N–H and O–H groups in total. The van der Waals surface area contributed by atoms with Crippen LogP contribution >= 0.6 is 0 Å². The standard InChI is InChI=1S/C14H23NO2/c1-11(2)17-10-14(16)9-15-8-13-7-5-4-6-12(13)3/h4-7,11,14-16H,8-10H2,1-3H3. The summed E-state index contributed by atoms with van der Waals surface area (Å²) >= 11 is 0. The number of aliphatic hydroxyl groups is 1. The lowest BCUT2D eigenvalue weighted by atomic mass is 10.1. The van der Waals surface area contributed by atoms with Gasteiger partial charge in [-0.3, -0.25) is 0 Å². The molecule has 0 aliphatic rings. The summed E-state index contributed by atoms with van der Waals surface area (Å²) in [6.45, 7) is 7.75. The van der Waals surface area contributed by atoms with Crippen LogP contribution in [-0.4, -0.2) is 30.5 Å². The second kappa shape index (κ2) is 7.43. The van der Waals surface area contributed by atoms with Crippen molar-refractivity contribution in [2.24, 2.45) is 0 Å². The minimum atomic E-state index is -0.443. The SMILES string of the molecule is Cc1ccccc1CNCC(O)COC(C)C. The summed E-state index contributed by atoms with van der Waals surface area (Å²) in [5.74, 6) is 0. The molecule has 0 bridgehead atoms. The van der Waals surface area contributed by atoms with Crippen LogP contribution in [0.15, 0.2) is 24.3 Å². The van der Waals surface area contributed by atoms with Crippen LogP contribution in [0, 0.1) is 6.92 Å². The highest BCUT2D eigenvalue weighted by atomic mass is 16.5. The summed E-state index contributed by atoms with van der Waals surface area (Å²) in [6, 6.07) is 8.25. The normalized spacial score (nSPS) is 13.0. The van der Waals surface area contributed by atoms with Crippen LogP contribution in [-0.2, 0) is 11.3 Å². The Bertz CT molecular complexity index is 326. The summed E-state index contributed by atoms with van der Waals surface area (Å²) in [5, 5.41) is 12.9. The van der Waals surface area contributed by atoms with Gasteiger partial charge in [0.05, 0.1) is 18.8 Å². The molecule has 0 saturated heterocycles. The van der Waals surface area contributed by atoms with Crippen molar-refractivity contribution < 1.29 is 9.84 Å². The molecule has 0 aliphatic carbocycles. The monoisotopic (exact) mass is 237 g/mol. The quantitative estimate of drug-likeness (QED) is 0.760. The molecule has 1 atom stereocenters. The van der Waals surface area contributed by atoms with Gasteiger partial charge in [-0.2, -0.15) is 0 Å². The van der Waals surface area contributed by atoms with Crippen molar-refractivity contribution in [1.82, 2.24) is 5.32 Å². The zero-order valence-corrected chi connectivity index (χ0v) is 10.9. The molecular weight excluding hydrogens is 214 g/mol. The Kier molecular flexibility index (Phi) is 6.19. The molecule has 3 nitrogen and oxygen atoms in total. The Morgan fingerprint density at radius 2 is 2.00 bits per heavy atom. The molecule has 0 heterocycles. The highest BCUT2D eigenvalue weighted by Gasteiger charge is 2.05. The first-order chi connectivity index (χ1) is 8.09. The first-order valence-electron chi connectivity index (χ1n) is 6.14. The zero-order valence-electron chi connectivity index (χ0n) is 10.9. The van der Waals surface area contributed by atoms with Gasteiger partial charge in [-0.05, 0) is 31.9 Å². The van der Waals surface area contributed by atoms with Crippen LogP contribution in [0.5, 0.6) is 0 Å². The number of aryl methyl sites for hydroxylation is 1. The molecule has 0 saturated carbocycles. The summed E-state index contributed by atoms with van der Waals surface area (Å²) in [4.78, 5) is 0. The molecule has 1 aromatic rings. The first kappa shape index (κ1) is 14.2. The average Bonchev–Trinajstić information content (AvgIpc) is 2.29. The zero-order chi connectivity index (χ0) is 12.7. The number of ether oxygens (including phenoxy) is 1. The number of rotatable bonds is 7. The number of hydrogen-bond acceptors (Lipinski definition) is 3. The second-order valence-electron chi connectivity index (χ2n) is 4.59. The van der Waals surface area contributed by atoms with Gasteiger partial charge in [0, 0.05) is 13.1 Å². The van der Waals surface area contributed by atoms with E-state index in [0.717, 1.165) is 6.54 Å². The maximum absolute atomic E-state index is 9.66. The number of hydrogen-bond donors (Lipinski definition) is 2. The lowest BCUT2D eigenvalue weighted by molar-refractivity contribution is 0.00630. The fourth-order valence-corrected chi connectivity index (χ4v) is 1.54. The Balaban J connectivity index is 2.21. The van der Waals surface area contributed by atoms with Crippen LogP contribution in [0.2, 0.25) is 0 Å². The minimum Gasteiger partial charge on any atom is -0.389 e. The number of aliphatic hydroxyl groups excluding tert-OH is 1. The molecule has 0 fully saturated rings. The average molecular weight is 237 g/mol. The Labute approximate surface area is 104 Å². The molecule has 96 valence electrons. The largest absolute Gasteiger partial charge is 0.389 e. The van der Waals surface area contributed by atoms with Crippen molar-refractivity contribution in [3.05, 3.63) is 35.4 Å². The predicted octanol–water partition coefficient (Wildman–Crippen LogP) is 1.87. The van der Waals surface area contributed by atoms with Gasteiger partial charge in [0.1, 0.15) is 0 Å². The minimum absolute atomic E-state index is 0.168. The fourth-order valence-electron chi connectivity index (χ4n) is 1.54. The van der Waals surface area contributed by atoms with E-state index >= 15 is 0 Å². The molecule has 0 aromatic heterocycles. The highest BCUT2D eigenvalue weighted by Crippen LogP contribution is 2.05. The number of benzene rings is 1. The molecule has 0 aliphatic heterocycles. The van der Waals surface area contributed by atoms with Gasteiger partial charge >= 0.3 is 0 Å². The van der Waals surface area contributed by atoms with Gasteiger partial charge in [0.2, 0.25) is 0 Å². The third-order valence-electron chi connectivity index (χ3n) is 2.58. The van der Waals surface area contributed by atoms with Gasteiger partial charge in [-0.1, -0.05) is 24.3 Å². The van der Waals surface area contributed by atoms with Crippen LogP contribution in [0.3, 0.4) is 0 Å². The maximum atomic E-state index is 9.66. The lowest BCUT2D eigenvalue weighted by Gasteiger charge is -2.14. The first-order valence-corrected chi connectivity index (χ1v) is 6.14. The van der Waals surface area contributed by atoms with Crippen LogP contribution in [0.25, 0.3) is 0 Å². The molecule has 1 unspecified atom stereocenters. The van der Waals surface area contributed by atoms with Crippen molar-refractivity contribution in [1.29, 1.82) is 0 Å². The third kappa shape index (κ3) is 5.82. The predicted molar refractivity (Wildman–Crippen MR) is 70.0 cm³/mol. The molecule has 0 amide bonds. The van der Waals surface area contributed by atoms with Gasteiger partial charge in [-0.25, -0.2) is 0 Å². The summed E-state index contributed by atoms with van der Waals surface area (Å²) < 4.78 is 5.34. The molecule has 1 rings (SSSR count). The van der Waals surface area contributed by atoms with Gasteiger partial charge in [-0.15, -0.1) is 0 Å². The third-order valence-corrected chi connectivity index (χ3v) is 2.58. The molecule has 0 spiro atoms. The van der Waals surface area contributed by atoms with Crippen molar-refractivity contribution in [2.45, 2.75) is 39.5 Å². The van der Waals surface area contributed by atoms with Crippen molar-refractivity contribution >= 4 is 0 Å². The van der Waals surface area contributed by atoms with Crippen molar-refractivity contribution in [2.75, 3.05) is 13.2 Å². The lowest BCUT2D eigenvalue weighted by Crippen LogP contribution is -2.31. The highest BCUT2D eigenvalue weighted by molar-refractivity contribution is 5.25. The van der Waals surface area contributed by atoms with Gasteiger partial charge < -0.3 is 15.2 Å². The smallest absolute Gasteiger partial charge is 0.0897 e. The molecule has 3 heteroatoms. The van der Waals surface area contributed by atoms with Gasteiger partial charge in [0.25, 0.3) is 0 Å². The molecule has 1 aromatic carbocycles. The summed E-state index contributed by atoms with van der Waals surface area (Å²) in [5.41, 5.74) is 2.54. The number of nitrogens with one attached hydrogen (secondary N) is 1. The van der Waals surface area contributed by atoms with E-state index in [4.69, 9.17) is 4.74 Å². The van der Waals surface area contributed by atoms with E-state index in [1.54, 1.807) is 0 Å². The molecule has 17 heavy (non-hydrogen) atoms. The maximum Gasteiger partial charge on any atom is 0.0897 e. The second-order valence-corrected chi connectivity index (χ2v) is 4.59. The van der Waals surface area contributed by atoms with E-state index in [-0.39, 0.29) is 6.10 Å². The Morgan fingerprint density at radius 1 is 1.29 bits per heavy atom. The van der Waals surface area contributed by atoms with E-state index in [2.05, 4.69) is 24.4 Å². The Morgan fingerprint density at radius 3 is 2.65 bits per heavy atom. The molecular formula is C14H23NO2. The van der Waals surface area contributed by atoms with Crippen LogP contribution < -0.4 is 5.32 Å².